The molecule has 0 aromatic carbocycles. The third-order valence-electron chi connectivity index (χ3n) is 3.75. The monoisotopic (exact) mass is 280 g/mol. The van der Waals surface area contributed by atoms with E-state index in [1.54, 1.807) is 0 Å². The summed E-state index contributed by atoms with van der Waals surface area (Å²) in [5.41, 5.74) is 0.409. The Hall–Kier alpha value is -1.23. The van der Waals surface area contributed by atoms with Gasteiger partial charge in [0.2, 0.25) is 0 Å². The Morgan fingerprint density at radius 1 is 1.42 bits per heavy atom. The first-order chi connectivity index (χ1) is 9.15. The summed E-state index contributed by atoms with van der Waals surface area (Å²) in [4.78, 5) is 15.8. The first-order valence-electron chi connectivity index (χ1n) is 6.63. The molecule has 1 amide bonds. The van der Waals surface area contributed by atoms with Crippen LogP contribution < -0.4 is 5.32 Å². The molecule has 0 unspecified atom stereocenters. The molecule has 0 aliphatic heterocycles. The van der Waals surface area contributed by atoms with E-state index in [0.717, 1.165) is 12.8 Å². The maximum Gasteiger partial charge on any atom is 0.253 e. The van der Waals surface area contributed by atoms with E-state index in [2.05, 4.69) is 16.6 Å². The van der Waals surface area contributed by atoms with E-state index in [0.29, 0.717) is 12.1 Å². The molecule has 1 aromatic rings. The minimum absolute atomic E-state index is 0.0184. The van der Waals surface area contributed by atoms with Crippen LogP contribution in [0, 0.1) is 0 Å². The lowest BCUT2D eigenvalue weighted by molar-refractivity contribution is 0.0946. The highest BCUT2D eigenvalue weighted by atomic mass is 32.2. The molecule has 19 heavy (non-hydrogen) atoms. The molecular weight excluding hydrogens is 260 g/mol. The van der Waals surface area contributed by atoms with Gasteiger partial charge < -0.3 is 10.4 Å². The van der Waals surface area contributed by atoms with E-state index in [4.69, 9.17) is 0 Å². The van der Waals surface area contributed by atoms with Crippen LogP contribution >= 0.6 is 11.8 Å². The summed E-state index contributed by atoms with van der Waals surface area (Å²) in [6.07, 6.45) is 11.0. The van der Waals surface area contributed by atoms with Gasteiger partial charge in [-0.25, -0.2) is 0 Å². The minimum atomic E-state index is -0.164. The van der Waals surface area contributed by atoms with E-state index in [1.165, 1.54) is 37.7 Å². The third-order valence-corrected chi connectivity index (χ3v) is 5.17. The fourth-order valence-corrected chi connectivity index (χ4v) is 3.46. The number of amides is 1. The topological polar surface area (TPSA) is 62.2 Å². The summed E-state index contributed by atoms with van der Waals surface area (Å²) in [5.74, 6) is -0.146. The summed E-state index contributed by atoms with van der Waals surface area (Å²) >= 11 is 1.85. The molecule has 5 heteroatoms. The second kappa shape index (κ2) is 6.28. The lowest BCUT2D eigenvalue weighted by atomic mass is 9.88. The van der Waals surface area contributed by atoms with Crippen molar-refractivity contribution in [2.45, 2.75) is 36.9 Å². The molecule has 0 saturated heterocycles. The van der Waals surface area contributed by atoms with Gasteiger partial charge in [0, 0.05) is 17.5 Å². The Balaban J connectivity index is 1.95. The van der Waals surface area contributed by atoms with Gasteiger partial charge in [-0.3, -0.25) is 9.78 Å². The van der Waals surface area contributed by atoms with Crippen LogP contribution in [0.15, 0.2) is 18.5 Å². The number of hydrogen-bond donors (Lipinski definition) is 2. The molecular formula is C14H20N2O2S. The Bertz CT molecular complexity index is 445. The normalized spacial score (nSPS) is 17.9. The molecule has 0 spiro atoms. The number of carbonyl (C=O) groups excluding carboxylic acids is 1. The van der Waals surface area contributed by atoms with E-state index in [1.807, 2.05) is 11.8 Å². The quantitative estimate of drug-likeness (QED) is 0.890. The summed E-state index contributed by atoms with van der Waals surface area (Å²) in [5, 5.41) is 12.3. The lowest BCUT2D eigenvalue weighted by Gasteiger charge is -2.35. The van der Waals surface area contributed by atoms with Gasteiger partial charge >= 0.3 is 0 Å². The number of hydrogen-bond acceptors (Lipinski definition) is 4. The van der Waals surface area contributed by atoms with Crippen molar-refractivity contribution >= 4 is 17.7 Å². The zero-order valence-corrected chi connectivity index (χ0v) is 12.0. The smallest absolute Gasteiger partial charge is 0.253 e. The Labute approximate surface area is 118 Å². The number of carbonyl (C=O) groups is 1. The highest BCUT2D eigenvalue weighted by Crippen LogP contribution is 2.37. The first-order valence-corrected chi connectivity index (χ1v) is 7.85. The summed E-state index contributed by atoms with van der Waals surface area (Å²) in [7, 11) is 0. The minimum Gasteiger partial charge on any atom is -0.506 e. The second-order valence-electron chi connectivity index (χ2n) is 5.06. The van der Waals surface area contributed by atoms with Crippen molar-refractivity contribution in [1.82, 2.24) is 10.3 Å². The predicted molar refractivity (Wildman–Crippen MR) is 77.6 cm³/mol. The summed E-state index contributed by atoms with van der Waals surface area (Å²) in [6.45, 7) is 0.683. The molecule has 1 fully saturated rings. The van der Waals surface area contributed by atoms with Gasteiger partial charge in [-0.15, -0.1) is 0 Å². The van der Waals surface area contributed by atoms with Gasteiger partial charge in [0.05, 0.1) is 11.8 Å². The van der Waals surface area contributed by atoms with Crippen LogP contribution in [0.3, 0.4) is 0 Å². The van der Waals surface area contributed by atoms with E-state index >= 15 is 0 Å². The van der Waals surface area contributed by atoms with E-state index in [9.17, 15) is 9.90 Å². The molecule has 1 aliphatic carbocycles. The second-order valence-corrected chi connectivity index (χ2v) is 6.34. The van der Waals surface area contributed by atoms with Crippen molar-refractivity contribution in [2.24, 2.45) is 0 Å². The van der Waals surface area contributed by atoms with Crippen LogP contribution in [-0.2, 0) is 0 Å². The number of nitrogens with one attached hydrogen (secondary N) is 1. The van der Waals surface area contributed by atoms with Crippen molar-refractivity contribution in [1.29, 1.82) is 0 Å². The Morgan fingerprint density at radius 2 is 2.16 bits per heavy atom. The molecule has 4 nitrogen and oxygen atoms in total. The number of nitrogens with zero attached hydrogens (tertiary/aromatic N) is 1. The van der Waals surface area contributed by atoms with Crippen LogP contribution in [0.1, 0.15) is 42.5 Å². The highest BCUT2D eigenvalue weighted by Gasteiger charge is 2.31. The maximum absolute atomic E-state index is 12.0. The van der Waals surface area contributed by atoms with Crippen LogP contribution in [0.25, 0.3) is 0 Å². The molecule has 0 radical (unpaired) electrons. The molecule has 0 bridgehead atoms. The van der Waals surface area contributed by atoms with Gasteiger partial charge in [-0.2, -0.15) is 11.8 Å². The van der Waals surface area contributed by atoms with E-state index in [-0.39, 0.29) is 16.4 Å². The highest BCUT2D eigenvalue weighted by molar-refractivity contribution is 8.00. The standard InChI is InChI=1S/C14H20N2O2S/c1-19-14(5-3-2-4-6-14)10-16-13(18)11-7-12(17)9-15-8-11/h7-9,17H,2-6,10H2,1H3,(H,16,18). The Morgan fingerprint density at radius 3 is 2.79 bits per heavy atom. The van der Waals surface area contributed by atoms with E-state index < -0.39 is 0 Å². The molecule has 1 saturated carbocycles. The van der Waals surface area contributed by atoms with Crippen molar-refractivity contribution in [3.63, 3.8) is 0 Å². The van der Waals surface area contributed by atoms with Gasteiger partial charge in [-0.05, 0) is 25.2 Å². The Kier molecular flexibility index (Phi) is 4.69. The molecule has 1 heterocycles. The van der Waals surface area contributed by atoms with Gasteiger partial charge in [0.1, 0.15) is 5.75 Å². The van der Waals surface area contributed by atoms with Crippen LogP contribution in [0.4, 0.5) is 0 Å². The van der Waals surface area contributed by atoms with Crippen LogP contribution in [-0.4, -0.2) is 33.5 Å². The molecule has 104 valence electrons. The SMILES string of the molecule is CSC1(CNC(=O)c2cncc(O)c2)CCCCC1. The summed E-state index contributed by atoms with van der Waals surface area (Å²) in [6, 6.07) is 1.44. The molecule has 2 N–H and O–H groups in total. The fraction of sp³-hybridized carbons (Fsp3) is 0.571. The average molecular weight is 280 g/mol. The number of thioether (sulfide) groups is 1. The van der Waals surface area contributed by atoms with Crippen molar-refractivity contribution in [3.8, 4) is 5.75 Å². The van der Waals surface area contributed by atoms with Crippen molar-refractivity contribution in [3.05, 3.63) is 24.0 Å². The van der Waals surface area contributed by atoms with Crippen molar-refractivity contribution in [2.75, 3.05) is 12.8 Å². The number of aromatic nitrogens is 1. The zero-order chi connectivity index (χ0) is 13.7. The molecule has 1 aromatic heterocycles. The third kappa shape index (κ3) is 3.62. The number of pyridine rings is 1. The van der Waals surface area contributed by atoms with Gasteiger partial charge in [-0.1, -0.05) is 19.3 Å². The number of aromatic hydroxyl groups is 1. The van der Waals surface area contributed by atoms with Gasteiger partial charge in [0.15, 0.2) is 0 Å². The van der Waals surface area contributed by atoms with Crippen LogP contribution in [0.5, 0.6) is 5.75 Å². The lowest BCUT2D eigenvalue weighted by Crippen LogP contribution is -2.41. The summed E-state index contributed by atoms with van der Waals surface area (Å²) < 4.78 is 0.179. The fourth-order valence-electron chi connectivity index (χ4n) is 2.54. The number of rotatable bonds is 4. The zero-order valence-electron chi connectivity index (χ0n) is 11.2. The van der Waals surface area contributed by atoms with Gasteiger partial charge in [0.25, 0.3) is 5.91 Å². The predicted octanol–water partition coefficient (Wildman–Crippen LogP) is 2.58. The molecule has 1 aliphatic rings. The first kappa shape index (κ1) is 14.2. The average Bonchev–Trinajstić information content (AvgIpc) is 2.46. The molecule has 2 rings (SSSR count). The maximum atomic E-state index is 12.0. The van der Waals surface area contributed by atoms with Crippen LogP contribution in [0.2, 0.25) is 0 Å². The largest absolute Gasteiger partial charge is 0.506 e. The molecule has 0 atom stereocenters. The van der Waals surface area contributed by atoms with Crippen molar-refractivity contribution < 1.29 is 9.90 Å².